The SMILES string of the molecule is COc1cc(/C=C2/SC(=S)N(NC(=O)C34CC5CC(CC(C5)C3)C4)C2=O)cc(I)c1OCc1ccccc1Cl. The van der Waals surface area contributed by atoms with Crippen molar-refractivity contribution in [1.29, 1.82) is 0 Å². The Morgan fingerprint density at radius 2 is 1.87 bits per heavy atom. The van der Waals surface area contributed by atoms with Gasteiger partial charge in [-0.05, 0) is 121 Å². The number of carbonyl (C=O) groups is 2. The predicted octanol–water partition coefficient (Wildman–Crippen LogP) is 6.98. The minimum Gasteiger partial charge on any atom is -0.493 e. The van der Waals surface area contributed by atoms with E-state index in [0.29, 0.717) is 50.1 Å². The summed E-state index contributed by atoms with van der Waals surface area (Å²) in [6, 6.07) is 11.3. The van der Waals surface area contributed by atoms with E-state index in [4.69, 9.17) is 33.3 Å². The Kier molecular flexibility index (Phi) is 7.62. The first kappa shape index (κ1) is 27.4. The maximum atomic E-state index is 13.5. The summed E-state index contributed by atoms with van der Waals surface area (Å²) < 4.78 is 12.8. The molecular weight excluding hydrogens is 667 g/mol. The molecule has 5 fully saturated rings. The molecule has 1 aliphatic heterocycles. The Morgan fingerprint density at radius 1 is 1.21 bits per heavy atom. The molecule has 2 aromatic rings. The maximum absolute atomic E-state index is 13.5. The number of methoxy groups -OCH3 is 1. The molecular formula is C29H28ClIN2O4S2. The van der Waals surface area contributed by atoms with E-state index in [9.17, 15) is 9.59 Å². The molecule has 1 saturated heterocycles. The van der Waals surface area contributed by atoms with E-state index < -0.39 is 0 Å². The van der Waals surface area contributed by atoms with E-state index in [0.717, 1.165) is 34.0 Å². The number of benzene rings is 2. The highest BCUT2D eigenvalue weighted by molar-refractivity contribution is 14.1. The van der Waals surface area contributed by atoms with Gasteiger partial charge in [-0.1, -0.05) is 41.6 Å². The Bertz CT molecular complexity index is 1360. The number of carbonyl (C=O) groups excluding carboxylic acids is 2. The first-order valence-corrected chi connectivity index (χ1v) is 15.8. The zero-order valence-corrected chi connectivity index (χ0v) is 25.9. The summed E-state index contributed by atoms with van der Waals surface area (Å²) >= 11 is 15.2. The van der Waals surface area contributed by atoms with Crippen molar-refractivity contribution in [1.82, 2.24) is 10.4 Å². The monoisotopic (exact) mass is 694 g/mol. The van der Waals surface area contributed by atoms with Gasteiger partial charge in [0.25, 0.3) is 5.91 Å². The van der Waals surface area contributed by atoms with Crippen molar-refractivity contribution < 1.29 is 19.1 Å². The van der Waals surface area contributed by atoms with E-state index in [-0.39, 0.29) is 17.2 Å². The molecule has 1 N–H and O–H groups in total. The van der Waals surface area contributed by atoms with Gasteiger partial charge in [0.15, 0.2) is 15.8 Å². The van der Waals surface area contributed by atoms with E-state index in [1.54, 1.807) is 13.2 Å². The molecule has 2 aromatic carbocycles. The van der Waals surface area contributed by atoms with Crippen molar-refractivity contribution in [3.05, 3.63) is 61.0 Å². The van der Waals surface area contributed by atoms with E-state index in [2.05, 4.69) is 28.0 Å². The van der Waals surface area contributed by atoms with Crippen LogP contribution in [-0.2, 0) is 16.2 Å². The fourth-order valence-corrected chi connectivity index (χ4v) is 9.20. The summed E-state index contributed by atoms with van der Waals surface area (Å²) in [7, 11) is 1.58. The second-order valence-corrected chi connectivity index (χ2v) is 14.3. The van der Waals surface area contributed by atoms with Gasteiger partial charge >= 0.3 is 0 Å². The van der Waals surface area contributed by atoms with E-state index in [1.165, 1.54) is 36.0 Å². The third kappa shape index (κ3) is 5.31. The van der Waals surface area contributed by atoms with Crippen molar-refractivity contribution >= 4 is 80.4 Å². The van der Waals surface area contributed by atoms with Gasteiger partial charge in [-0.2, -0.15) is 5.01 Å². The van der Waals surface area contributed by atoms with Gasteiger partial charge in [-0.3, -0.25) is 15.0 Å². The van der Waals surface area contributed by atoms with Crippen molar-refractivity contribution in [2.45, 2.75) is 45.1 Å². The average molecular weight is 695 g/mol. The Morgan fingerprint density at radius 3 is 2.51 bits per heavy atom. The molecule has 6 nitrogen and oxygen atoms in total. The molecule has 7 rings (SSSR count). The van der Waals surface area contributed by atoms with Crippen molar-refractivity contribution in [3.63, 3.8) is 0 Å². The number of hydrogen-bond donors (Lipinski definition) is 1. The number of hydrazine groups is 1. The summed E-state index contributed by atoms with van der Waals surface area (Å²) in [4.78, 5) is 27.3. The number of ether oxygens (including phenoxy) is 2. The number of nitrogens with one attached hydrogen (secondary N) is 1. The number of rotatable bonds is 7. The molecule has 2 amide bonds. The Balaban J connectivity index is 1.17. The Labute approximate surface area is 256 Å². The van der Waals surface area contributed by atoms with Crippen LogP contribution in [0.25, 0.3) is 6.08 Å². The minimum absolute atomic E-state index is 0.0459. The van der Waals surface area contributed by atoms with Crippen LogP contribution in [0.2, 0.25) is 5.02 Å². The second-order valence-electron chi connectivity index (χ2n) is 11.1. The van der Waals surface area contributed by atoms with Crippen LogP contribution in [0.5, 0.6) is 11.5 Å². The lowest BCUT2D eigenvalue weighted by atomic mass is 9.49. The fraction of sp³-hybridized carbons (Fsp3) is 0.414. The molecule has 4 bridgehead atoms. The van der Waals surface area contributed by atoms with Crippen LogP contribution in [0.1, 0.15) is 49.7 Å². The molecule has 0 unspecified atom stereocenters. The first-order chi connectivity index (χ1) is 18.7. The molecule has 0 aromatic heterocycles. The van der Waals surface area contributed by atoms with Crippen LogP contribution in [0.3, 0.4) is 0 Å². The normalized spacial score (nSPS) is 28.3. The van der Waals surface area contributed by atoms with Crippen LogP contribution in [0.15, 0.2) is 41.3 Å². The number of nitrogens with zero attached hydrogens (tertiary/aromatic N) is 1. The quantitative estimate of drug-likeness (QED) is 0.192. The topological polar surface area (TPSA) is 67.9 Å². The van der Waals surface area contributed by atoms with Crippen LogP contribution >= 0.6 is 58.2 Å². The highest BCUT2D eigenvalue weighted by atomic mass is 127. The van der Waals surface area contributed by atoms with Gasteiger partial charge in [0.2, 0.25) is 5.91 Å². The highest BCUT2D eigenvalue weighted by Crippen LogP contribution is 2.60. The summed E-state index contributed by atoms with van der Waals surface area (Å²) in [6.45, 7) is 0.299. The standard InChI is InChI=1S/C29H28ClIN2O4S2/c1-36-23-10-16(9-22(31)25(23)37-15-20-4-2-3-5-21(20)30)11-24-26(34)33(28(38)39-24)32-27(35)29-12-17-6-18(13-29)8-19(7-17)14-29/h2-5,9-11,17-19H,6-8,12-15H2,1H3,(H,32,35)/b24-11+. The van der Waals surface area contributed by atoms with Gasteiger partial charge in [-0.25, -0.2) is 0 Å². The van der Waals surface area contributed by atoms with Crippen molar-refractivity contribution in [2.75, 3.05) is 7.11 Å². The number of hydrogen-bond acceptors (Lipinski definition) is 6. The lowest BCUT2D eigenvalue weighted by Crippen LogP contribution is -2.57. The zero-order chi connectivity index (χ0) is 27.3. The minimum atomic E-state index is -0.356. The molecule has 0 radical (unpaired) electrons. The number of amides is 2. The summed E-state index contributed by atoms with van der Waals surface area (Å²) in [5.74, 6) is 2.72. The lowest BCUT2D eigenvalue weighted by Gasteiger charge is -2.55. The molecule has 0 atom stereocenters. The van der Waals surface area contributed by atoms with Gasteiger partial charge < -0.3 is 9.47 Å². The molecule has 0 spiro atoms. The van der Waals surface area contributed by atoms with Crippen LogP contribution in [0.4, 0.5) is 0 Å². The molecule has 204 valence electrons. The van der Waals surface area contributed by atoms with E-state index in [1.807, 2.05) is 36.4 Å². The summed E-state index contributed by atoms with van der Waals surface area (Å²) in [5, 5.41) is 1.90. The van der Waals surface area contributed by atoms with Crippen LogP contribution in [-0.4, -0.2) is 28.3 Å². The van der Waals surface area contributed by atoms with Gasteiger partial charge in [0.05, 0.1) is 21.0 Å². The third-order valence-corrected chi connectivity index (χ3v) is 10.9. The second kappa shape index (κ2) is 10.9. The predicted molar refractivity (Wildman–Crippen MR) is 165 cm³/mol. The summed E-state index contributed by atoms with van der Waals surface area (Å²) in [5.41, 5.74) is 4.21. The van der Waals surface area contributed by atoms with Gasteiger partial charge in [0.1, 0.15) is 6.61 Å². The molecule has 10 heteroatoms. The smallest absolute Gasteiger partial charge is 0.285 e. The Hall–Kier alpha value is -1.82. The van der Waals surface area contributed by atoms with E-state index >= 15 is 0 Å². The van der Waals surface area contributed by atoms with Crippen molar-refractivity contribution in [2.24, 2.45) is 23.2 Å². The zero-order valence-electron chi connectivity index (χ0n) is 21.4. The van der Waals surface area contributed by atoms with Crippen molar-refractivity contribution in [3.8, 4) is 11.5 Å². The number of halogens is 2. The molecule has 39 heavy (non-hydrogen) atoms. The fourth-order valence-electron chi connectivity index (χ4n) is 7.05. The third-order valence-electron chi connectivity index (χ3n) is 8.41. The average Bonchev–Trinajstić information content (AvgIpc) is 3.15. The van der Waals surface area contributed by atoms with Crippen LogP contribution in [0, 0.1) is 26.7 Å². The highest BCUT2D eigenvalue weighted by Gasteiger charge is 2.55. The lowest BCUT2D eigenvalue weighted by molar-refractivity contribution is -0.152. The van der Waals surface area contributed by atoms with Gasteiger partial charge in [-0.15, -0.1) is 0 Å². The van der Waals surface area contributed by atoms with Gasteiger partial charge in [0, 0.05) is 10.6 Å². The number of thiocarbonyl (C=S) groups is 1. The molecule has 1 heterocycles. The molecule has 5 aliphatic rings. The largest absolute Gasteiger partial charge is 0.493 e. The van der Waals surface area contributed by atoms with Crippen LogP contribution < -0.4 is 14.9 Å². The summed E-state index contributed by atoms with van der Waals surface area (Å²) in [6.07, 6.45) is 8.32. The first-order valence-electron chi connectivity index (χ1n) is 13.1. The molecule has 4 aliphatic carbocycles. The number of thioether (sulfide) groups is 1. The maximum Gasteiger partial charge on any atom is 0.285 e. The molecule has 4 saturated carbocycles.